The molecule has 2 aromatic carbocycles. The van der Waals surface area contributed by atoms with E-state index in [1.54, 1.807) is 0 Å². The van der Waals surface area contributed by atoms with Gasteiger partial charge < -0.3 is 0 Å². The molecule has 0 aliphatic carbocycles. The summed E-state index contributed by atoms with van der Waals surface area (Å²) >= 11 is 1.93. The number of thioether (sulfide) groups is 1. The predicted octanol–water partition coefficient (Wildman–Crippen LogP) is 5.10. The Morgan fingerprint density at radius 3 is 2.24 bits per heavy atom. The summed E-state index contributed by atoms with van der Waals surface area (Å²) in [6.07, 6.45) is 0. The van der Waals surface area contributed by atoms with Crippen LogP contribution in [-0.2, 0) is 5.75 Å². The Kier molecular flexibility index (Phi) is 4.27. The third-order valence-corrected chi connectivity index (χ3v) is 3.94. The highest BCUT2D eigenvalue weighted by Gasteiger charge is 2.05. The molecule has 0 spiro atoms. The summed E-state index contributed by atoms with van der Waals surface area (Å²) in [5.74, 6) is 1.64. The van der Waals surface area contributed by atoms with Crippen molar-refractivity contribution in [3.63, 3.8) is 0 Å². The van der Waals surface area contributed by atoms with Crippen molar-refractivity contribution in [3.8, 4) is 0 Å². The standard InChI is InChI=1S/C16H18S/c1-13(2)15-10-6-7-11-16(15)17-12-14-8-4-3-5-9-14/h3-11,13H,12H2,1-2H3. The molecule has 0 fully saturated rings. The highest BCUT2D eigenvalue weighted by molar-refractivity contribution is 7.98. The van der Waals surface area contributed by atoms with Gasteiger partial charge in [-0.2, -0.15) is 0 Å². The lowest BCUT2D eigenvalue weighted by atomic mass is 10.0. The van der Waals surface area contributed by atoms with Gasteiger partial charge in [-0.05, 0) is 23.1 Å². The number of rotatable bonds is 4. The molecule has 0 aliphatic rings. The lowest BCUT2D eigenvalue weighted by Gasteiger charge is -2.11. The second kappa shape index (κ2) is 5.92. The van der Waals surface area contributed by atoms with E-state index in [9.17, 15) is 0 Å². The van der Waals surface area contributed by atoms with Crippen LogP contribution in [-0.4, -0.2) is 0 Å². The first kappa shape index (κ1) is 12.3. The zero-order valence-electron chi connectivity index (χ0n) is 10.4. The van der Waals surface area contributed by atoms with E-state index in [0.717, 1.165) is 5.75 Å². The molecular formula is C16H18S. The highest BCUT2D eigenvalue weighted by Crippen LogP contribution is 2.30. The Labute approximate surface area is 108 Å². The van der Waals surface area contributed by atoms with Gasteiger partial charge in [-0.1, -0.05) is 62.4 Å². The minimum Gasteiger partial charge on any atom is -0.121 e. The summed E-state index contributed by atoms with van der Waals surface area (Å²) in [7, 11) is 0. The van der Waals surface area contributed by atoms with E-state index in [2.05, 4.69) is 68.4 Å². The van der Waals surface area contributed by atoms with Crippen LogP contribution in [0, 0.1) is 0 Å². The smallest absolute Gasteiger partial charge is 0.0232 e. The molecule has 0 atom stereocenters. The maximum atomic E-state index is 2.25. The second-order valence-electron chi connectivity index (χ2n) is 4.47. The maximum Gasteiger partial charge on any atom is 0.0232 e. The zero-order chi connectivity index (χ0) is 12.1. The topological polar surface area (TPSA) is 0 Å². The SMILES string of the molecule is CC(C)c1ccccc1SCc1ccccc1. The molecule has 0 saturated heterocycles. The lowest BCUT2D eigenvalue weighted by Crippen LogP contribution is -1.90. The van der Waals surface area contributed by atoms with Crippen LogP contribution >= 0.6 is 11.8 Å². The average molecular weight is 242 g/mol. The molecule has 0 aliphatic heterocycles. The van der Waals surface area contributed by atoms with Gasteiger partial charge in [0.1, 0.15) is 0 Å². The average Bonchev–Trinajstić information content (AvgIpc) is 2.38. The molecule has 0 nitrogen and oxygen atoms in total. The summed E-state index contributed by atoms with van der Waals surface area (Å²) in [4.78, 5) is 1.41. The third-order valence-electron chi connectivity index (χ3n) is 2.78. The van der Waals surface area contributed by atoms with E-state index in [1.165, 1.54) is 16.0 Å². The summed E-state index contributed by atoms with van der Waals surface area (Å²) in [6.45, 7) is 4.50. The fourth-order valence-corrected chi connectivity index (χ4v) is 2.98. The Balaban J connectivity index is 2.09. The molecule has 0 aromatic heterocycles. The van der Waals surface area contributed by atoms with Crippen LogP contribution in [0.4, 0.5) is 0 Å². The molecule has 0 bridgehead atoms. The van der Waals surface area contributed by atoms with Gasteiger partial charge in [0.2, 0.25) is 0 Å². The van der Waals surface area contributed by atoms with Crippen molar-refractivity contribution in [1.82, 2.24) is 0 Å². The summed E-state index contributed by atoms with van der Waals surface area (Å²) in [5, 5.41) is 0. The molecule has 88 valence electrons. The molecule has 0 radical (unpaired) electrons. The van der Waals surface area contributed by atoms with Crippen LogP contribution in [0.15, 0.2) is 59.5 Å². The first-order valence-corrected chi connectivity index (χ1v) is 7.01. The van der Waals surface area contributed by atoms with Crippen molar-refractivity contribution in [2.24, 2.45) is 0 Å². The minimum absolute atomic E-state index is 0.592. The fourth-order valence-electron chi connectivity index (χ4n) is 1.82. The van der Waals surface area contributed by atoms with Gasteiger partial charge in [0.05, 0.1) is 0 Å². The van der Waals surface area contributed by atoms with Crippen molar-refractivity contribution < 1.29 is 0 Å². The van der Waals surface area contributed by atoms with Gasteiger partial charge in [-0.15, -0.1) is 11.8 Å². The number of hydrogen-bond donors (Lipinski definition) is 0. The molecule has 0 saturated carbocycles. The van der Waals surface area contributed by atoms with E-state index in [-0.39, 0.29) is 0 Å². The van der Waals surface area contributed by atoms with Gasteiger partial charge in [0.15, 0.2) is 0 Å². The van der Waals surface area contributed by atoms with Crippen molar-refractivity contribution >= 4 is 11.8 Å². The van der Waals surface area contributed by atoms with Crippen molar-refractivity contribution in [2.45, 2.75) is 30.4 Å². The first-order chi connectivity index (χ1) is 8.27. The van der Waals surface area contributed by atoms with Crippen LogP contribution in [0.5, 0.6) is 0 Å². The fraction of sp³-hybridized carbons (Fsp3) is 0.250. The Morgan fingerprint density at radius 1 is 0.882 bits per heavy atom. The van der Waals surface area contributed by atoms with Crippen LogP contribution in [0.2, 0.25) is 0 Å². The molecular weight excluding hydrogens is 224 g/mol. The second-order valence-corrected chi connectivity index (χ2v) is 5.48. The highest BCUT2D eigenvalue weighted by atomic mass is 32.2. The quantitative estimate of drug-likeness (QED) is 0.672. The van der Waals surface area contributed by atoms with Crippen molar-refractivity contribution in [2.75, 3.05) is 0 Å². The number of benzene rings is 2. The largest absolute Gasteiger partial charge is 0.121 e. The zero-order valence-corrected chi connectivity index (χ0v) is 11.2. The van der Waals surface area contributed by atoms with Gasteiger partial charge in [-0.25, -0.2) is 0 Å². The van der Waals surface area contributed by atoms with Gasteiger partial charge in [-0.3, -0.25) is 0 Å². The minimum atomic E-state index is 0.592. The van der Waals surface area contributed by atoms with Gasteiger partial charge >= 0.3 is 0 Å². The molecule has 17 heavy (non-hydrogen) atoms. The maximum absolute atomic E-state index is 2.25. The monoisotopic (exact) mass is 242 g/mol. The Hall–Kier alpha value is -1.21. The summed E-state index contributed by atoms with van der Waals surface area (Å²) in [6, 6.07) is 19.3. The summed E-state index contributed by atoms with van der Waals surface area (Å²) < 4.78 is 0. The molecule has 1 heteroatoms. The Morgan fingerprint density at radius 2 is 1.53 bits per heavy atom. The first-order valence-electron chi connectivity index (χ1n) is 6.03. The van der Waals surface area contributed by atoms with E-state index in [1.807, 2.05) is 11.8 Å². The van der Waals surface area contributed by atoms with Gasteiger partial charge in [0.25, 0.3) is 0 Å². The predicted molar refractivity (Wildman–Crippen MR) is 76.5 cm³/mol. The normalized spacial score (nSPS) is 10.8. The van der Waals surface area contributed by atoms with Crippen molar-refractivity contribution in [1.29, 1.82) is 0 Å². The lowest BCUT2D eigenvalue weighted by molar-refractivity contribution is 0.842. The third kappa shape index (κ3) is 3.37. The van der Waals surface area contributed by atoms with Crippen LogP contribution < -0.4 is 0 Å². The van der Waals surface area contributed by atoms with E-state index >= 15 is 0 Å². The Bertz CT molecular complexity index is 460. The van der Waals surface area contributed by atoms with Crippen LogP contribution in [0.1, 0.15) is 30.9 Å². The number of hydrogen-bond acceptors (Lipinski definition) is 1. The van der Waals surface area contributed by atoms with Crippen molar-refractivity contribution in [3.05, 3.63) is 65.7 Å². The van der Waals surface area contributed by atoms with Crippen LogP contribution in [0.25, 0.3) is 0 Å². The van der Waals surface area contributed by atoms with Crippen LogP contribution in [0.3, 0.4) is 0 Å². The molecule has 2 aromatic rings. The van der Waals surface area contributed by atoms with E-state index in [0.29, 0.717) is 5.92 Å². The van der Waals surface area contributed by atoms with E-state index < -0.39 is 0 Å². The molecule has 2 rings (SSSR count). The van der Waals surface area contributed by atoms with Gasteiger partial charge in [0, 0.05) is 10.6 Å². The summed E-state index contributed by atoms with van der Waals surface area (Å²) in [5.41, 5.74) is 2.84. The molecule has 0 unspecified atom stereocenters. The van der Waals surface area contributed by atoms with E-state index in [4.69, 9.17) is 0 Å². The molecule has 0 amide bonds. The molecule has 0 heterocycles. The molecule has 0 N–H and O–H groups in total.